The molecule has 0 saturated carbocycles. The van der Waals surface area contributed by atoms with Gasteiger partial charge in [0.1, 0.15) is 11.6 Å². The predicted molar refractivity (Wildman–Crippen MR) is 126 cm³/mol. The smallest absolute Gasteiger partial charge is 0.410 e. The van der Waals surface area contributed by atoms with Gasteiger partial charge in [0.15, 0.2) is 0 Å². The Morgan fingerprint density at radius 1 is 1.03 bits per heavy atom. The number of aromatic nitrogens is 2. The van der Waals surface area contributed by atoms with E-state index in [4.69, 9.17) is 4.74 Å². The third-order valence-corrected chi connectivity index (χ3v) is 7.08. The summed E-state index contributed by atoms with van der Waals surface area (Å²) in [7, 11) is 1.70. The zero-order valence-electron chi connectivity index (χ0n) is 20.0. The number of carbonyl (C=O) groups excluding carboxylic acids is 3. The van der Waals surface area contributed by atoms with E-state index in [-0.39, 0.29) is 36.2 Å². The van der Waals surface area contributed by atoms with E-state index < -0.39 is 17.6 Å². The van der Waals surface area contributed by atoms with Gasteiger partial charge in [0.05, 0.1) is 17.1 Å². The number of ether oxygens (including phenoxy) is 1. The number of carbonyl (C=O) groups is 3. The summed E-state index contributed by atoms with van der Waals surface area (Å²) in [6.07, 6.45) is 2.18. The van der Waals surface area contributed by atoms with Crippen molar-refractivity contribution in [2.45, 2.75) is 70.2 Å². The molecule has 3 amide bonds. The monoisotopic (exact) mass is 469 g/mol. The highest BCUT2D eigenvalue weighted by molar-refractivity contribution is 6.00. The highest BCUT2D eigenvalue weighted by Gasteiger charge is 2.42. The van der Waals surface area contributed by atoms with Gasteiger partial charge in [0.2, 0.25) is 11.8 Å². The third kappa shape index (κ3) is 3.74. The van der Waals surface area contributed by atoms with Crippen molar-refractivity contribution in [2.75, 3.05) is 18.0 Å². The van der Waals surface area contributed by atoms with Crippen LogP contribution in [0.5, 0.6) is 0 Å². The van der Waals surface area contributed by atoms with Gasteiger partial charge in [-0.15, -0.1) is 0 Å². The molecular formula is C24H31N5O5. The Morgan fingerprint density at radius 2 is 1.76 bits per heavy atom. The Bertz CT molecular complexity index is 1240. The van der Waals surface area contributed by atoms with Crippen LogP contribution >= 0.6 is 0 Å². The number of amides is 3. The van der Waals surface area contributed by atoms with Crippen LogP contribution in [-0.4, -0.2) is 62.7 Å². The lowest BCUT2D eigenvalue weighted by Gasteiger charge is -2.52. The van der Waals surface area contributed by atoms with E-state index in [0.29, 0.717) is 25.0 Å². The fourth-order valence-corrected chi connectivity index (χ4v) is 5.45. The molecule has 2 aromatic rings. The van der Waals surface area contributed by atoms with Crippen molar-refractivity contribution in [3.8, 4) is 0 Å². The SMILES string of the molecule is Cn1c(=O)n(C2CCC(=O)NC2=O)c2ccc(N3CC4CCC3CN4C(=O)OC(C)(C)C)cc21. The van der Waals surface area contributed by atoms with Crippen LogP contribution in [0.15, 0.2) is 23.0 Å². The molecule has 4 aliphatic heterocycles. The standard InChI is InChI=1S/C24H31N5O5/c1-24(2,3)34-23(33)28-13-15-5-6-16(28)12-27(15)14-7-8-17-19(11-14)26(4)22(32)29(17)18-9-10-20(30)25-21(18)31/h7-8,11,15-16,18H,5-6,9-10,12-13H2,1-4H3,(H,25,30,31). The number of hydrogen-bond donors (Lipinski definition) is 1. The minimum Gasteiger partial charge on any atom is -0.444 e. The molecule has 0 spiro atoms. The molecule has 3 unspecified atom stereocenters. The average Bonchev–Trinajstić information content (AvgIpc) is 3.03. The quantitative estimate of drug-likeness (QED) is 0.674. The molecule has 2 bridgehead atoms. The van der Waals surface area contributed by atoms with Crippen molar-refractivity contribution < 1.29 is 19.1 Å². The first-order valence-corrected chi connectivity index (χ1v) is 11.8. The zero-order chi connectivity index (χ0) is 24.4. The summed E-state index contributed by atoms with van der Waals surface area (Å²) in [5.74, 6) is -0.747. The van der Waals surface area contributed by atoms with Crippen LogP contribution < -0.4 is 15.9 Å². The lowest BCUT2D eigenvalue weighted by molar-refractivity contribution is -0.135. The van der Waals surface area contributed by atoms with Crippen molar-refractivity contribution >= 4 is 34.6 Å². The van der Waals surface area contributed by atoms with E-state index in [1.165, 1.54) is 4.57 Å². The summed E-state index contributed by atoms with van der Waals surface area (Å²) in [5, 5.41) is 2.34. The maximum atomic E-state index is 13.1. The molecule has 182 valence electrons. The van der Waals surface area contributed by atoms with Gasteiger partial charge >= 0.3 is 11.8 Å². The number of imide groups is 1. The molecule has 10 nitrogen and oxygen atoms in total. The van der Waals surface area contributed by atoms with E-state index in [1.54, 1.807) is 11.6 Å². The van der Waals surface area contributed by atoms with Crippen molar-refractivity contribution in [1.29, 1.82) is 0 Å². The van der Waals surface area contributed by atoms with E-state index in [2.05, 4.69) is 10.2 Å². The number of fused-ring (bicyclic) bond motifs is 4. The van der Waals surface area contributed by atoms with Crippen LogP contribution in [0.4, 0.5) is 10.5 Å². The molecular weight excluding hydrogens is 438 g/mol. The number of aryl methyl sites for hydroxylation is 1. The van der Waals surface area contributed by atoms with Crippen LogP contribution in [0.1, 0.15) is 52.5 Å². The summed E-state index contributed by atoms with van der Waals surface area (Å²) in [6.45, 7) is 6.94. The number of rotatable bonds is 2. The molecule has 10 heteroatoms. The first-order chi connectivity index (χ1) is 16.0. The predicted octanol–water partition coefficient (Wildman–Crippen LogP) is 1.91. The minimum absolute atomic E-state index is 0.0763. The van der Waals surface area contributed by atoms with Gasteiger partial charge in [-0.2, -0.15) is 0 Å². The number of imidazole rings is 1. The van der Waals surface area contributed by atoms with E-state index in [1.807, 2.05) is 43.9 Å². The van der Waals surface area contributed by atoms with Crippen LogP contribution in [0.2, 0.25) is 0 Å². The number of nitrogens with one attached hydrogen (secondary N) is 1. The summed E-state index contributed by atoms with van der Waals surface area (Å²) >= 11 is 0. The van der Waals surface area contributed by atoms with Crippen molar-refractivity contribution in [2.24, 2.45) is 7.05 Å². The zero-order valence-corrected chi connectivity index (χ0v) is 20.0. The molecule has 34 heavy (non-hydrogen) atoms. The summed E-state index contributed by atoms with van der Waals surface area (Å²) in [5.41, 5.74) is 1.58. The van der Waals surface area contributed by atoms with Crippen molar-refractivity contribution in [3.63, 3.8) is 0 Å². The first-order valence-electron chi connectivity index (χ1n) is 11.8. The molecule has 0 aliphatic carbocycles. The van der Waals surface area contributed by atoms with Crippen molar-refractivity contribution in [3.05, 3.63) is 28.7 Å². The molecule has 4 saturated heterocycles. The fraction of sp³-hybridized carbons (Fsp3) is 0.583. The van der Waals surface area contributed by atoms with Crippen LogP contribution in [0.25, 0.3) is 11.0 Å². The second-order valence-corrected chi connectivity index (χ2v) is 10.5. The van der Waals surface area contributed by atoms with E-state index >= 15 is 0 Å². The maximum Gasteiger partial charge on any atom is 0.410 e. The Labute approximate surface area is 197 Å². The second kappa shape index (κ2) is 7.89. The first kappa shape index (κ1) is 22.5. The minimum atomic E-state index is -0.701. The van der Waals surface area contributed by atoms with E-state index in [9.17, 15) is 19.2 Å². The third-order valence-electron chi connectivity index (χ3n) is 7.08. The Morgan fingerprint density at radius 3 is 2.41 bits per heavy atom. The molecule has 4 aliphatic rings. The van der Waals surface area contributed by atoms with Gasteiger partial charge in [0, 0.05) is 38.3 Å². The highest BCUT2D eigenvalue weighted by atomic mass is 16.6. The summed E-state index contributed by atoms with van der Waals surface area (Å²) in [6, 6.07) is 5.38. The van der Waals surface area contributed by atoms with Crippen LogP contribution in [-0.2, 0) is 21.4 Å². The number of piperazine rings is 1. The lowest BCUT2D eigenvalue weighted by Crippen LogP contribution is -2.64. The van der Waals surface area contributed by atoms with Gasteiger partial charge in [-0.25, -0.2) is 9.59 Å². The van der Waals surface area contributed by atoms with Crippen LogP contribution in [0.3, 0.4) is 0 Å². The molecule has 1 N–H and O–H groups in total. The molecule has 4 fully saturated rings. The van der Waals surface area contributed by atoms with Gasteiger partial charge in [-0.3, -0.25) is 24.0 Å². The lowest BCUT2D eigenvalue weighted by atomic mass is 9.90. The molecule has 5 heterocycles. The average molecular weight is 470 g/mol. The summed E-state index contributed by atoms with van der Waals surface area (Å²) in [4.78, 5) is 53.9. The number of benzene rings is 1. The maximum absolute atomic E-state index is 13.1. The molecule has 1 aromatic heterocycles. The fourth-order valence-electron chi connectivity index (χ4n) is 5.45. The Kier molecular flexibility index (Phi) is 5.22. The highest BCUT2D eigenvalue weighted by Crippen LogP contribution is 2.35. The number of anilines is 1. The Hall–Kier alpha value is -3.30. The number of nitrogens with zero attached hydrogens (tertiary/aromatic N) is 4. The van der Waals surface area contributed by atoms with Gasteiger partial charge in [0.25, 0.3) is 0 Å². The molecule has 0 radical (unpaired) electrons. The van der Waals surface area contributed by atoms with Crippen LogP contribution in [0, 0.1) is 0 Å². The topological polar surface area (TPSA) is 106 Å². The number of hydrogen-bond acceptors (Lipinski definition) is 6. The summed E-state index contributed by atoms with van der Waals surface area (Å²) < 4.78 is 8.65. The van der Waals surface area contributed by atoms with Gasteiger partial charge in [-0.1, -0.05) is 0 Å². The van der Waals surface area contributed by atoms with Gasteiger partial charge < -0.3 is 14.5 Å². The van der Waals surface area contributed by atoms with E-state index in [0.717, 1.165) is 24.0 Å². The van der Waals surface area contributed by atoms with Crippen molar-refractivity contribution in [1.82, 2.24) is 19.4 Å². The second-order valence-electron chi connectivity index (χ2n) is 10.5. The normalized spacial score (nSPS) is 25.1. The largest absolute Gasteiger partial charge is 0.444 e. The molecule has 6 rings (SSSR count). The number of piperidine rings is 3. The van der Waals surface area contributed by atoms with Gasteiger partial charge in [-0.05, 0) is 58.2 Å². The molecule has 3 atom stereocenters. The molecule has 1 aromatic carbocycles. The Balaban J connectivity index is 1.43.